The molecular formula is C21H21F3N4O2. The molecule has 1 atom stereocenters. The first-order valence-corrected chi connectivity index (χ1v) is 9.71. The Balaban J connectivity index is 1.46. The highest BCUT2D eigenvalue weighted by Crippen LogP contribution is 2.32. The van der Waals surface area contributed by atoms with Gasteiger partial charge in [-0.25, -0.2) is 18.2 Å². The third-order valence-electron chi connectivity index (χ3n) is 5.16. The Morgan fingerprint density at radius 2 is 2.07 bits per heavy atom. The molecule has 3 heterocycles. The smallest absolute Gasteiger partial charge is 0.280 e. The van der Waals surface area contributed by atoms with Crippen molar-refractivity contribution < 1.29 is 22.4 Å². The van der Waals surface area contributed by atoms with E-state index in [1.807, 2.05) is 0 Å². The first kappa shape index (κ1) is 20.2. The maximum Gasteiger partial charge on any atom is 0.280 e. The molecule has 1 amide bonds. The van der Waals surface area contributed by atoms with Crippen molar-refractivity contribution in [2.24, 2.45) is 0 Å². The van der Waals surface area contributed by atoms with Crippen LogP contribution >= 0.6 is 0 Å². The molecule has 1 unspecified atom stereocenters. The van der Waals surface area contributed by atoms with Crippen molar-refractivity contribution >= 4 is 5.91 Å². The van der Waals surface area contributed by atoms with E-state index in [1.54, 1.807) is 30.2 Å². The number of carbonyl (C=O) groups excluding carboxylic acids is 1. The van der Waals surface area contributed by atoms with Gasteiger partial charge < -0.3 is 9.32 Å². The molecule has 2 aromatic heterocycles. The molecule has 0 radical (unpaired) electrons. The Morgan fingerprint density at radius 1 is 1.30 bits per heavy atom. The normalized spacial score (nSPS) is 16.6. The Bertz CT molecular complexity index is 1030. The minimum atomic E-state index is -2.70. The predicted octanol–water partition coefficient (Wildman–Crippen LogP) is 4.21. The van der Waals surface area contributed by atoms with Crippen LogP contribution in [0.5, 0.6) is 0 Å². The molecule has 1 fully saturated rings. The number of hydrogen-bond acceptors (Lipinski definition) is 4. The lowest BCUT2D eigenvalue weighted by molar-refractivity contribution is -0.133. The summed E-state index contributed by atoms with van der Waals surface area (Å²) in [7, 11) is 0. The van der Waals surface area contributed by atoms with Crippen molar-refractivity contribution in [1.82, 2.24) is 19.7 Å². The van der Waals surface area contributed by atoms with E-state index in [1.165, 1.54) is 18.2 Å². The average Bonchev–Trinajstić information content (AvgIpc) is 3.43. The van der Waals surface area contributed by atoms with Crippen LogP contribution in [0.15, 0.2) is 40.9 Å². The van der Waals surface area contributed by atoms with Crippen molar-refractivity contribution in [1.29, 1.82) is 0 Å². The fraction of sp³-hybridized carbons (Fsp3) is 0.381. The van der Waals surface area contributed by atoms with Crippen molar-refractivity contribution in [3.05, 3.63) is 70.9 Å². The number of aryl methyl sites for hydroxylation is 1. The van der Waals surface area contributed by atoms with Crippen LogP contribution in [0.4, 0.5) is 13.2 Å². The van der Waals surface area contributed by atoms with E-state index >= 15 is 0 Å². The summed E-state index contributed by atoms with van der Waals surface area (Å²) in [6.45, 7) is 1.86. The van der Waals surface area contributed by atoms with Gasteiger partial charge in [-0.3, -0.25) is 9.48 Å². The lowest BCUT2D eigenvalue weighted by atomic mass is 10.1. The molecule has 1 aromatic carbocycles. The van der Waals surface area contributed by atoms with Crippen LogP contribution in [0, 0.1) is 12.7 Å². The number of aromatic nitrogens is 3. The largest absolute Gasteiger partial charge is 0.443 e. The van der Waals surface area contributed by atoms with Gasteiger partial charge in [0.25, 0.3) is 6.43 Å². The number of alkyl halides is 2. The Morgan fingerprint density at radius 3 is 2.80 bits per heavy atom. The highest BCUT2D eigenvalue weighted by atomic mass is 19.3. The summed E-state index contributed by atoms with van der Waals surface area (Å²) >= 11 is 0. The van der Waals surface area contributed by atoms with Crippen molar-refractivity contribution in [2.75, 3.05) is 6.54 Å². The topological polar surface area (TPSA) is 64.2 Å². The van der Waals surface area contributed by atoms with Crippen molar-refractivity contribution in [2.45, 2.75) is 45.2 Å². The van der Waals surface area contributed by atoms with Gasteiger partial charge in [0.2, 0.25) is 11.8 Å². The predicted molar refractivity (Wildman–Crippen MR) is 101 cm³/mol. The zero-order valence-electron chi connectivity index (χ0n) is 16.4. The Kier molecular flexibility index (Phi) is 5.61. The van der Waals surface area contributed by atoms with Crippen LogP contribution < -0.4 is 0 Å². The van der Waals surface area contributed by atoms with E-state index < -0.39 is 6.43 Å². The van der Waals surface area contributed by atoms with E-state index in [0.717, 1.165) is 16.7 Å². The maximum atomic E-state index is 13.2. The molecular weight excluding hydrogens is 397 g/mol. The minimum absolute atomic E-state index is 0.257. The minimum Gasteiger partial charge on any atom is -0.443 e. The fourth-order valence-corrected chi connectivity index (χ4v) is 3.77. The molecule has 3 aromatic rings. The van der Waals surface area contributed by atoms with Gasteiger partial charge in [0, 0.05) is 13.0 Å². The van der Waals surface area contributed by atoms with Crippen LogP contribution in [-0.4, -0.2) is 32.1 Å². The molecule has 30 heavy (non-hydrogen) atoms. The number of nitrogens with zero attached hydrogens (tertiary/aromatic N) is 4. The Hall–Kier alpha value is -3.10. The van der Waals surface area contributed by atoms with Crippen LogP contribution in [0.3, 0.4) is 0 Å². The van der Waals surface area contributed by atoms with Gasteiger partial charge in [0.1, 0.15) is 29.9 Å². The van der Waals surface area contributed by atoms with Crippen LogP contribution in [0.25, 0.3) is 0 Å². The highest BCUT2D eigenvalue weighted by molar-refractivity contribution is 5.76. The summed E-state index contributed by atoms with van der Waals surface area (Å²) in [4.78, 5) is 18.8. The van der Waals surface area contributed by atoms with Crippen LogP contribution in [0.2, 0.25) is 0 Å². The zero-order valence-corrected chi connectivity index (χ0v) is 16.4. The molecule has 158 valence electrons. The summed E-state index contributed by atoms with van der Waals surface area (Å²) in [5, 5.41) is 4.02. The Labute approximate surface area is 171 Å². The molecule has 1 saturated heterocycles. The van der Waals surface area contributed by atoms with Gasteiger partial charge in [-0.05, 0) is 43.5 Å². The number of hydrogen-bond donors (Lipinski definition) is 0. The number of amides is 1. The molecule has 1 aliphatic rings. The first-order valence-electron chi connectivity index (χ1n) is 9.71. The zero-order chi connectivity index (χ0) is 21.3. The molecule has 0 bridgehead atoms. The van der Waals surface area contributed by atoms with Crippen molar-refractivity contribution in [3.8, 4) is 0 Å². The van der Waals surface area contributed by atoms with Gasteiger partial charge in [-0.15, -0.1) is 0 Å². The first-order chi connectivity index (χ1) is 14.4. The summed E-state index contributed by atoms with van der Waals surface area (Å²) in [6, 6.07) is 7.06. The molecule has 4 rings (SSSR count). The van der Waals surface area contributed by atoms with E-state index in [-0.39, 0.29) is 30.0 Å². The van der Waals surface area contributed by atoms with E-state index in [4.69, 9.17) is 4.42 Å². The third kappa shape index (κ3) is 4.24. The van der Waals surface area contributed by atoms with Crippen LogP contribution in [-0.2, 0) is 17.8 Å². The summed E-state index contributed by atoms with van der Waals surface area (Å²) < 4.78 is 46.3. The SMILES string of the molecule is Cc1cc(C(F)F)n(CC(=O)N2CCCC2c2ncc(Cc3ccc(F)cc3)o2)n1. The number of carbonyl (C=O) groups is 1. The van der Waals surface area contributed by atoms with Gasteiger partial charge >= 0.3 is 0 Å². The van der Waals surface area contributed by atoms with E-state index in [0.29, 0.717) is 36.7 Å². The third-order valence-corrected chi connectivity index (χ3v) is 5.16. The van der Waals surface area contributed by atoms with Gasteiger partial charge in [-0.2, -0.15) is 5.10 Å². The molecule has 0 saturated carbocycles. The van der Waals surface area contributed by atoms with Crippen molar-refractivity contribution in [3.63, 3.8) is 0 Å². The number of oxazole rings is 1. The molecule has 9 heteroatoms. The molecule has 6 nitrogen and oxygen atoms in total. The molecule has 0 N–H and O–H groups in total. The fourth-order valence-electron chi connectivity index (χ4n) is 3.77. The number of likely N-dealkylation sites (tertiary alicyclic amines) is 1. The highest BCUT2D eigenvalue weighted by Gasteiger charge is 2.34. The second-order valence-electron chi connectivity index (χ2n) is 7.38. The summed E-state index contributed by atoms with van der Waals surface area (Å²) in [5.74, 6) is 0.419. The standard InChI is InChI=1S/C21H21F3N4O2/c1-13-9-18(20(23)24)28(26-13)12-19(29)27-8-2-3-17(27)21-25-11-16(30-21)10-14-4-6-15(22)7-5-14/h4-7,9,11,17,20H,2-3,8,10,12H2,1H3. The summed E-state index contributed by atoms with van der Waals surface area (Å²) in [5.41, 5.74) is 1.05. The molecule has 0 spiro atoms. The second kappa shape index (κ2) is 8.33. The lowest BCUT2D eigenvalue weighted by Gasteiger charge is -2.22. The lowest BCUT2D eigenvalue weighted by Crippen LogP contribution is -2.34. The average molecular weight is 418 g/mol. The summed E-state index contributed by atoms with van der Waals surface area (Å²) in [6.07, 6.45) is 0.812. The van der Waals surface area contributed by atoms with Crippen LogP contribution in [0.1, 0.15) is 53.9 Å². The molecule has 1 aliphatic heterocycles. The molecule has 0 aliphatic carbocycles. The number of benzene rings is 1. The monoisotopic (exact) mass is 418 g/mol. The van der Waals surface area contributed by atoms with Gasteiger partial charge in [0.15, 0.2) is 0 Å². The quantitative estimate of drug-likeness (QED) is 0.602. The van der Waals surface area contributed by atoms with E-state index in [2.05, 4.69) is 10.1 Å². The van der Waals surface area contributed by atoms with Gasteiger partial charge in [-0.1, -0.05) is 12.1 Å². The van der Waals surface area contributed by atoms with E-state index in [9.17, 15) is 18.0 Å². The maximum absolute atomic E-state index is 13.2. The number of halogens is 3. The van der Waals surface area contributed by atoms with Gasteiger partial charge in [0.05, 0.1) is 11.9 Å². The second-order valence-corrected chi connectivity index (χ2v) is 7.38. The number of rotatable bonds is 6.